The highest BCUT2D eigenvalue weighted by atomic mass is 16.3. The molecule has 0 spiro atoms. The van der Waals surface area contributed by atoms with Gasteiger partial charge >= 0.3 is 0 Å². The first-order chi connectivity index (χ1) is 8.27. The predicted octanol–water partition coefficient (Wildman–Crippen LogP) is 1.86. The van der Waals surface area contributed by atoms with E-state index in [2.05, 4.69) is 24.1 Å². The van der Waals surface area contributed by atoms with Crippen molar-refractivity contribution >= 4 is 0 Å². The number of hydrogen-bond donors (Lipinski definition) is 2. The van der Waals surface area contributed by atoms with E-state index in [1.54, 1.807) is 0 Å². The Labute approximate surface area is 107 Å². The fourth-order valence-corrected chi connectivity index (χ4v) is 2.44. The third kappa shape index (κ3) is 5.84. The van der Waals surface area contributed by atoms with E-state index in [4.69, 9.17) is 5.11 Å². The molecule has 1 atom stereocenters. The van der Waals surface area contributed by atoms with Gasteiger partial charge in [-0.05, 0) is 44.7 Å². The molecule has 0 radical (unpaired) electrons. The second-order valence-electron chi connectivity index (χ2n) is 5.47. The summed E-state index contributed by atoms with van der Waals surface area (Å²) in [6.07, 6.45) is 6.25. The Hall–Kier alpha value is -0.120. The minimum absolute atomic E-state index is 0.325. The fourth-order valence-electron chi connectivity index (χ4n) is 2.44. The standard InChI is InChI=1S/C14H30N2O/c1-3-8-15-11-13(2)12-16(9-5-10-17)14-6-4-7-14/h13-15,17H,3-12H2,1-2H3. The van der Waals surface area contributed by atoms with Crippen LogP contribution in [0.15, 0.2) is 0 Å². The molecule has 0 amide bonds. The van der Waals surface area contributed by atoms with Gasteiger partial charge in [0.05, 0.1) is 0 Å². The van der Waals surface area contributed by atoms with Crippen molar-refractivity contribution in [3.63, 3.8) is 0 Å². The second-order valence-corrected chi connectivity index (χ2v) is 5.47. The summed E-state index contributed by atoms with van der Waals surface area (Å²) < 4.78 is 0. The molecule has 0 heterocycles. The average Bonchev–Trinajstić information content (AvgIpc) is 2.23. The summed E-state index contributed by atoms with van der Waals surface area (Å²) in [5, 5.41) is 12.5. The number of nitrogens with one attached hydrogen (secondary N) is 1. The van der Waals surface area contributed by atoms with E-state index in [0.29, 0.717) is 12.5 Å². The monoisotopic (exact) mass is 242 g/mol. The van der Waals surface area contributed by atoms with Gasteiger partial charge in [0.1, 0.15) is 0 Å². The molecule has 1 fully saturated rings. The predicted molar refractivity (Wildman–Crippen MR) is 73.2 cm³/mol. The van der Waals surface area contributed by atoms with Gasteiger partial charge in [-0.1, -0.05) is 20.3 Å². The first-order valence-electron chi connectivity index (χ1n) is 7.33. The number of rotatable bonds is 10. The highest BCUT2D eigenvalue weighted by molar-refractivity contribution is 4.81. The lowest BCUT2D eigenvalue weighted by molar-refractivity contribution is 0.101. The van der Waals surface area contributed by atoms with Crippen LogP contribution in [0, 0.1) is 5.92 Å². The number of aliphatic hydroxyl groups is 1. The molecule has 0 aromatic heterocycles. The van der Waals surface area contributed by atoms with Crippen molar-refractivity contribution in [2.45, 2.75) is 52.0 Å². The Morgan fingerprint density at radius 2 is 2.18 bits per heavy atom. The molecule has 102 valence electrons. The third-order valence-corrected chi connectivity index (χ3v) is 3.66. The van der Waals surface area contributed by atoms with E-state index in [-0.39, 0.29) is 0 Å². The molecule has 3 heteroatoms. The molecule has 0 bridgehead atoms. The summed E-state index contributed by atoms with van der Waals surface area (Å²) in [6.45, 7) is 9.36. The Bertz CT molecular complexity index is 183. The molecule has 0 saturated heterocycles. The maximum Gasteiger partial charge on any atom is 0.0443 e. The molecular weight excluding hydrogens is 212 g/mol. The van der Waals surface area contributed by atoms with Gasteiger partial charge in [0.15, 0.2) is 0 Å². The van der Waals surface area contributed by atoms with E-state index in [1.165, 1.54) is 32.2 Å². The molecule has 1 saturated carbocycles. The van der Waals surface area contributed by atoms with Gasteiger partial charge in [-0.25, -0.2) is 0 Å². The molecule has 3 nitrogen and oxygen atoms in total. The highest BCUT2D eigenvalue weighted by Crippen LogP contribution is 2.25. The van der Waals surface area contributed by atoms with Crippen molar-refractivity contribution in [3.05, 3.63) is 0 Å². The average molecular weight is 242 g/mol. The van der Waals surface area contributed by atoms with E-state index in [9.17, 15) is 0 Å². The molecular formula is C14H30N2O. The van der Waals surface area contributed by atoms with Crippen molar-refractivity contribution in [1.29, 1.82) is 0 Å². The van der Waals surface area contributed by atoms with Gasteiger partial charge in [-0.3, -0.25) is 4.90 Å². The van der Waals surface area contributed by atoms with Crippen molar-refractivity contribution in [2.75, 3.05) is 32.8 Å². The van der Waals surface area contributed by atoms with Crippen molar-refractivity contribution in [3.8, 4) is 0 Å². The zero-order valence-electron chi connectivity index (χ0n) is 11.6. The maximum atomic E-state index is 8.96. The van der Waals surface area contributed by atoms with E-state index < -0.39 is 0 Å². The zero-order valence-corrected chi connectivity index (χ0v) is 11.6. The van der Waals surface area contributed by atoms with E-state index in [1.807, 2.05) is 0 Å². The Balaban J connectivity index is 2.21. The van der Waals surface area contributed by atoms with Crippen LogP contribution in [-0.4, -0.2) is 48.8 Å². The van der Waals surface area contributed by atoms with Crippen LogP contribution in [0.3, 0.4) is 0 Å². The molecule has 1 rings (SSSR count). The highest BCUT2D eigenvalue weighted by Gasteiger charge is 2.25. The van der Waals surface area contributed by atoms with Crippen LogP contribution in [0.4, 0.5) is 0 Å². The Morgan fingerprint density at radius 1 is 1.41 bits per heavy atom. The summed E-state index contributed by atoms with van der Waals surface area (Å²) in [6, 6.07) is 0.801. The van der Waals surface area contributed by atoms with Crippen molar-refractivity contribution in [2.24, 2.45) is 5.92 Å². The summed E-state index contributed by atoms with van der Waals surface area (Å²) in [5.74, 6) is 0.709. The van der Waals surface area contributed by atoms with Crippen LogP contribution in [0.25, 0.3) is 0 Å². The zero-order chi connectivity index (χ0) is 12.5. The van der Waals surface area contributed by atoms with Gasteiger partial charge in [0, 0.05) is 25.7 Å². The van der Waals surface area contributed by atoms with Gasteiger partial charge in [0.2, 0.25) is 0 Å². The molecule has 0 aromatic carbocycles. The normalized spacial score (nSPS) is 18.4. The maximum absolute atomic E-state index is 8.96. The van der Waals surface area contributed by atoms with Gasteiger partial charge in [-0.2, -0.15) is 0 Å². The first-order valence-corrected chi connectivity index (χ1v) is 7.33. The molecule has 17 heavy (non-hydrogen) atoms. The van der Waals surface area contributed by atoms with Crippen LogP contribution in [0.2, 0.25) is 0 Å². The summed E-state index contributed by atoms with van der Waals surface area (Å²) in [7, 11) is 0. The smallest absolute Gasteiger partial charge is 0.0443 e. The lowest BCUT2D eigenvalue weighted by Gasteiger charge is -2.39. The summed E-state index contributed by atoms with van der Waals surface area (Å²) >= 11 is 0. The van der Waals surface area contributed by atoms with Gasteiger partial charge in [0.25, 0.3) is 0 Å². The van der Waals surface area contributed by atoms with Crippen LogP contribution >= 0.6 is 0 Å². The molecule has 0 aromatic rings. The minimum Gasteiger partial charge on any atom is -0.396 e. The number of aliphatic hydroxyl groups excluding tert-OH is 1. The summed E-state index contributed by atoms with van der Waals surface area (Å²) in [5.41, 5.74) is 0. The number of hydrogen-bond acceptors (Lipinski definition) is 3. The fraction of sp³-hybridized carbons (Fsp3) is 1.00. The van der Waals surface area contributed by atoms with Crippen LogP contribution in [0.5, 0.6) is 0 Å². The minimum atomic E-state index is 0.325. The second kappa shape index (κ2) is 8.90. The molecule has 0 aliphatic heterocycles. The SMILES string of the molecule is CCCNCC(C)CN(CCCO)C1CCC1. The molecule has 2 N–H and O–H groups in total. The van der Waals surface area contributed by atoms with Crippen molar-refractivity contribution < 1.29 is 5.11 Å². The lowest BCUT2D eigenvalue weighted by atomic mass is 9.90. The van der Waals surface area contributed by atoms with Crippen LogP contribution < -0.4 is 5.32 Å². The van der Waals surface area contributed by atoms with Gasteiger partial charge < -0.3 is 10.4 Å². The Kier molecular flexibility index (Phi) is 7.82. The topological polar surface area (TPSA) is 35.5 Å². The van der Waals surface area contributed by atoms with Crippen LogP contribution in [-0.2, 0) is 0 Å². The largest absolute Gasteiger partial charge is 0.396 e. The third-order valence-electron chi connectivity index (χ3n) is 3.66. The Morgan fingerprint density at radius 3 is 2.71 bits per heavy atom. The molecule has 1 aliphatic carbocycles. The van der Waals surface area contributed by atoms with E-state index >= 15 is 0 Å². The number of nitrogens with zero attached hydrogens (tertiary/aromatic N) is 1. The molecule has 1 unspecified atom stereocenters. The van der Waals surface area contributed by atoms with E-state index in [0.717, 1.165) is 32.1 Å². The van der Waals surface area contributed by atoms with Gasteiger partial charge in [-0.15, -0.1) is 0 Å². The quantitative estimate of drug-likeness (QED) is 0.574. The van der Waals surface area contributed by atoms with Crippen molar-refractivity contribution in [1.82, 2.24) is 10.2 Å². The molecule has 1 aliphatic rings. The summed E-state index contributed by atoms with van der Waals surface area (Å²) in [4.78, 5) is 2.60. The van der Waals surface area contributed by atoms with Crippen LogP contribution in [0.1, 0.15) is 46.0 Å². The lowest BCUT2D eigenvalue weighted by Crippen LogP contribution is -2.44. The first kappa shape index (κ1) is 14.9.